The van der Waals surface area contributed by atoms with Gasteiger partial charge >= 0.3 is 0 Å². The lowest BCUT2D eigenvalue weighted by molar-refractivity contribution is -0.135. The van der Waals surface area contributed by atoms with Gasteiger partial charge in [0.2, 0.25) is 11.8 Å². The number of carbonyl (C=O) groups is 2. The Morgan fingerprint density at radius 2 is 2.12 bits per heavy atom. The van der Waals surface area contributed by atoms with Gasteiger partial charge in [0.1, 0.15) is 11.9 Å². The van der Waals surface area contributed by atoms with Crippen LogP contribution in [0.25, 0.3) is 17.0 Å². The van der Waals surface area contributed by atoms with E-state index in [4.69, 9.17) is 0 Å². The van der Waals surface area contributed by atoms with Crippen LogP contribution in [-0.2, 0) is 16.0 Å². The number of rotatable bonds is 6. The molecule has 1 aliphatic heterocycles. The molecule has 0 saturated carbocycles. The van der Waals surface area contributed by atoms with E-state index in [-0.39, 0.29) is 17.6 Å². The monoisotopic (exact) mass is 497 g/mol. The number of aryl methyl sites for hydroxylation is 1. The lowest BCUT2D eigenvalue weighted by atomic mass is 10.1. The van der Waals surface area contributed by atoms with E-state index in [2.05, 4.69) is 51.4 Å². The minimum Gasteiger partial charge on any atom is -0.361 e. The van der Waals surface area contributed by atoms with Gasteiger partial charge in [0.25, 0.3) is 0 Å². The topological polar surface area (TPSA) is 65.2 Å². The molecule has 1 unspecified atom stereocenters. The molecule has 1 aliphatic rings. The van der Waals surface area contributed by atoms with Crippen LogP contribution in [0.1, 0.15) is 29.5 Å². The molecule has 2 aromatic carbocycles. The first-order valence-electron chi connectivity index (χ1n) is 10.7. The average molecular weight is 498 g/mol. The quantitative estimate of drug-likeness (QED) is 0.483. The van der Waals surface area contributed by atoms with Crippen LogP contribution in [0.4, 0.5) is 4.39 Å². The van der Waals surface area contributed by atoms with Crippen LogP contribution in [0.5, 0.6) is 0 Å². The lowest BCUT2D eigenvalue weighted by Gasteiger charge is -2.22. The summed E-state index contributed by atoms with van der Waals surface area (Å²) >= 11 is 3.14. The molecule has 1 aromatic heterocycles. The Balaban J connectivity index is 1.34. The van der Waals surface area contributed by atoms with Crippen LogP contribution in [0, 0.1) is 12.7 Å². The molecule has 0 aliphatic carbocycles. The Hall–Kier alpha value is -2.93. The number of hydrogen-bond donors (Lipinski definition) is 2. The molecule has 4 rings (SSSR count). The predicted molar refractivity (Wildman–Crippen MR) is 128 cm³/mol. The zero-order valence-electron chi connectivity index (χ0n) is 17.8. The number of H-pyrrole nitrogens is 1. The van der Waals surface area contributed by atoms with E-state index in [1.54, 1.807) is 23.1 Å². The van der Waals surface area contributed by atoms with Gasteiger partial charge in [-0.2, -0.15) is 0 Å². The fourth-order valence-corrected chi connectivity index (χ4v) is 4.52. The number of halogens is 2. The van der Waals surface area contributed by atoms with Gasteiger partial charge in [0.15, 0.2) is 0 Å². The van der Waals surface area contributed by atoms with Crippen molar-refractivity contribution < 1.29 is 14.0 Å². The molecular formula is C25H25BrFN3O2. The van der Waals surface area contributed by atoms with E-state index in [9.17, 15) is 14.0 Å². The van der Waals surface area contributed by atoms with Crippen molar-refractivity contribution in [3.05, 3.63) is 75.7 Å². The van der Waals surface area contributed by atoms with Crippen molar-refractivity contribution >= 4 is 44.7 Å². The molecule has 0 spiro atoms. The van der Waals surface area contributed by atoms with Crippen LogP contribution in [0.3, 0.4) is 0 Å². The third kappa shape index (κ3) is 4.93. The Kier molecular flexibility index (Phi) is 6.74. The molecule has 2 amide bonds. The molecule has 32 heavy (non-hydrogen) atoms. The molecule has 2 N–H and O–H groups in total. The van der Waals surface area contributed by atoms with Crippen LogP contribution in [0.2, 0.25) is 0 Å². The van der Waals surface area contributed by atoms with E-state index in [0.29, 0.717) is 29.5 Å². The number of aromatic nitrogens is 1. The zero-order chi connectivity index (χ0) is 22.7. The van der Waals surface area contributed by atoms with Gasteiger partial charge in [0, 0.05) is 36.3 Å². The first-order valence-corrected chi connectivity index (χ1v) is 11.5. The summed E-state index contributed by atoms with van der Waals surface area (Å²) in [6, 6.07) is 10.4. The number of fused-ring (bicyclic) bond motifs is 1. The molecule has 0 radical (unpaired) electrons. The standard InChI is InChI=1S/C25H25BrFN3O2/c1-16-4-8-22-19(13-16)18(15-29-22)10-11-28-25(32)23-3-2-12-30(23)24(31)9-6-17-5-7-21(27)20(26)14-17/h4-9,13-15,23,29H,2-3,10-12H2,1H3,(H,28,32)/b9-6+. The Morgan fingerprint density at radius 3 is 2.94 bits per heavy atom. The maximum Gasteiger partial charge on any atom is 0.247 e. The Labute approximate surface area is 194 Å². The highest BCUT2D eigenvalue weighted by atomic mass is 79.9. The lowest BCUT2D eigenvalue weighted by Crippen LogP contribution is -2.45. The Bertz CT molecular complexity index is 1190. The number of nitrogens with one attached hydrogen (secondary N) is 2. The first-order chi connectivity index (χ1) is 15.4. The summed E-state index contributed by atoms with van der Waals surface area (Å²) in [6.07, 6.45) is 7.23. The highest BCUT2D eigenvalue weighted by Gasteiger charge is 2.32. The van der Waals surface area contributed by atoms with Crippen molar-refractivity contribution in [3.8, 4) is 0 Å². The van der Waals surface area contributed by atoms with Gasteiger partial charge in [-0.25, -0.2) is 4.39 Å². The molecule has 2 heterocycles. The molecular weight excluding hydrogens is 473 g/mol. The molecule has 5 nitrogen and oxygen atoms in total. The molecule has 1 saturated heterocycles. The van der Waals surface area contributed by atoms with Crippen molar-refractivity contribution in [3.63, 3.8) is 0 Å². The van der Waals surface area contributed by atoms with Gasteiger partial charge in [-0.15, -0.1) is 0 Å². The summed E-state index contributed by atoms with van der Waals surface area (Å²) < 4.78 is 13.7. The molecule has 7 heteroatoms. The second-order valence-corrected chi connectivity index (χ2v) is 8.95. The summed E-state index contributed by atoms with van der Waals surface area (Å²) in [6.45, 7) is 3.13. The van der Waals surface area contributed by atoms with E-state index < -0.39 is 6.04 Å². The largest absolute Gasteiger partial charge is 0.361 e. The van der Waals surface area contributed by atoms with E-state index in [1.807, 2.05) is 6.20 Å². The maximum absolute atomic E-state index is 13.4. The second-order valence-electron chi connectivity index (χ2n) is 8.10. The number of aromatic amines is 1. The van der Waals surface area contributed by atoms with E-state index in [0.717, 1.165) is 23.9 Å². The summed E-state index contributed by atoms with van der Waals surface area (Å²) in [5, 5.41) is 4.17. The third-order valence-corrected chi connectivity index (χ3v) is 6.42. The number of hydrogen-bond acceptors (Lipinski definition) is 2. The van der Waals surface area contributed by atoms with Gasteiger partial charge in [-0.1, -0.05) is 17.7 Å². The van der Waals surface area contributed by atoms with Gasteiger partial charge in [0.05, 0.1) is 4.47 Å². The normalized spacial score (nSPS) is 16.2. The van der Waals surface area contributed by atoms with Crippen LogP contribution in [0.15, 0.2) is 53.1 Å². The van der Waals surface area contributed by atoms with E-state index in [1.165, 1.54) is 23.1 Å². The highest BCUT2D eigenvalue weighted by Crippen LogP contribution is 2.22. The zero-order valence-corrected chi connectivity index (χ0v) is 19.4. The first kappa shape index (κ1) is 22.3. The van der Waals surface area contributed by atoms with Crippen molar-refractivity contribution in [1.82, 2.24) is 15.2 Å². The molecule has 1 atom stereocenters. The van der Waals surface area contributed by atoms with Crippen molar-refractivity contribution in [1.29, 1.82) is 0 Å². The van der Waals surface area contributed by atoms with Gasteiger partial charge < -0.3 is 15.2 Å². The highest BCUT2D eigenvalue weighted by molar-refractivity contribution is 9.10. The number of benzene rings is 2. The summed E-state index contributed by atoms with van der Waals surface area (Å²) in [4.78, 5) is 30.3. The average Bonchev–Trinajstić information content (AvgIpc) is 3.42. The minimum absolute atomic E-state index is 0.121. The van der Waals surface area contributed by atoms with Crippen molar-refractivity contribution in [2.75, 3.05) is 13.1 Å². The molecule has 3 aromatic rings. The fourth-order valence-electron chi connectivity index (χ4n) is 4.12. The van der Waals surface area contributed by atoms with Crippen LogP contribution in [-0.4, -0.2) is 40.8 Å². The molecule has 166 valence electrons. The number of amides is 2. The van der Waals surface area contributed by atoms with E-state index >= 15 is 0 Å². The smallest absolute Gasteiger partial charge is 0.247 e. The van der Waals surface area contributed by atoms with Crippen LogP contribution >= 0.6 is 15.9 Å². The molecule has 1 fully saturated rings. The summed E-state index contributed by atoms with van der Waals surface area (Å²) in [5.74, 6) is -0.687. The SMILES string of the molecule is Cc1ccc2[nH]cc(CCNC(=O)C3CCCN3C(=O)/C=C/c3ccc(F)c(Br)c3)c2c1. The van der Waals surface area contributed by atoms with Crippen molar-refractivity contribution in [2.24, 2.45) is 0 Å². The second kappa shape index (κ2) is 9.69. The third-order valence-electron chi connectivity index (χ3n) is 5.82. The number of carbonyl (C=O) groups excluding carboxylic acids is 2. The minimum atomic E-state index is -0.461. The summed E-state index contributed by atoms with van der Waals surface area (Å²) in [7, 11) is 0. The predicted octanol–water partition coefficient (Wildman–Crippen LogP) is 4.74. The molecule has 0 bridgehead atoms. The number of likely N-dealkylation sites (tertiary alicyclic amines) is 1. The van der Waals surface area contributed by atoms with Gasteiger partial charge in [-0.3, -0.25) is 9.59 Å². The number of nitrogens with zero attached hydrogens (tertiary/aromatic N) is 1. The maximum atomic E-state index is 13.4. The van der Waals surface area contributed by atoms with Gasteiger partial charge in [-0.05, 0) is 83.6 Å². The van der Waals surface area contributed by atoms with Crippen LogP contribution < -0.4 is 5.32 Å². The van der Waals surface area contributed by atoms with Crippen molar-refractivity contribution in [2.45, 2.75) is 32.2 Å². The fraction of sp³-hybridized carbons (Fsp3) is 0.280. The Morgan fingerprint density at radius 1 is 1.28 bits per heavy atom. The summed E-state index contributed by atoms with van der Waals surface area (Å²) in [5.41, 5.74) is 4.16.